The summed E-state index contributed by atoms with van der Waals surface area (Å²) in [5.74, 6) is -0.600. The number of para-hydroxylation sites is 1. The molecule has 0 unspecified atom stereocenters. The van der Waals surface area contributed by atoms with E-state index in [1.54, 1.807) is 40.0 Å². The Bertz CT molecular complexity index is 1480. The van der Waals surface area contributed by atoms with Crippen molar-refractivity contribution < 1.29 is 9.18 Å². The minimum absolute atomic E-state index is 0.192. The van der Waals surface area contributed by atoms with E-state index >= 15 is 0 Å². The highest BCUT2D eigenvalue weighted by molar-refractivity contribution is 9.10. The molecule has 0 bridgehead atoms. The van der Waals surface area contributed by atoms with Crippen LogP contribution in [-0.4, -0.2) is 71.6 Å². The third kappa shape index (κ3) is 5.23. The summed E-state index contributed by atoms with van der Waals surface area (Å²) in [6.45, 7) is 9.09. The summed E-state index contributed by atoms with van der Waals surface area (Å²) in [7, 11) is 0. The van der Waals surface area contributed by atoms with Crippen LogP contribution in [0.1, 0.15) is 41.3 Å². The zero-order valence-corrected chi connectivity index (χ0v) is 23.6. The Hall–Kier alpha value is -3.15. The number of carbonyl (C=O) groups excluding carboxylic acids is 1. The van der Waals surface area contributed by atoms with Crippen LogP contribution >= 0.6 is 27.5 Å². The third-order valence-corrected chi connectivity index (χ3v) is 7.78. The third-order valence-electron chi connectivity index (χ3n) is 6.99. The lowest BCUT2D eigenvalue weighted by molar-refractivity contribution is 0.0374. The lowest BCUT2D eigenvalue weighted by Crippen LogP contribution is -2.54. The molecular formula is C26H27BrClFN8O. The number of carbonyl (C=O) groups is 1. The lowest BCUT2D eigenvalue weighted by atomic mass is 9.97. The van der Waals surface area contributed by atoms with Crippen LogP contribution in [0.5, 0.6) is 0 Å². The van der Waals surface area contributed by atoms with Gasteiger partial charge in [0, 0.05) is 38.1 Å². The van der Waals surface area contributed by atoms with E-state index in [1.807, 2.05) is 19.2 Å². The Kier molecular flexibility index (Phi) is 7.34. The van der Waals surface area contributed by atoms with Gasteiger partial charge in [-0.1, -0.05) is 35.0 Å². The van der Waals surface area contributed by atoms with Crippen molar-refractivity contribution in [2.45, 2.75) is 32.9 Å². The summed E-state index contributed by atoms with van der Waals surface area (Å²) >= 11 is 9.40. The van der Waals surface area contributed by atoms with Gasteiger partial charge in [0.1, 0.15) is 22.4 Å². The highest BCUT2D eigenvalue weighted by Gasteiger charge is 2.35. The predicted octanol–water partition coefficient (Wildman–Crippen LogP) is 4.46. The van der Waals surface area contributed by atoms with Crippen LogP contribution in [-0.2, 0) is 12.1 Å². The van der Waals surface area contributed by atoms with Crippen LogP contribution in [0.3, 0.4) is 0 Å². The zero-order chi connectivity index (χ0) is 27.0. The molecule has 9 nitrogen and oxygen atoms in total. The van der Waals surface area contributed by atoms with Crippen LogP contribution in [0, 0.1) is 12.7 Å². The minimum Gasteiger partial charge on any atom is -0.335 e. The maximum Gasteiger partial charge on any atom is 0.275 e. The summed E-state index contributed by atoms with van der Waals surface area (Å²) < 4.78 is 17.9. The van der Waals surface area contributed by atoms with Crippen molar-refractivity contribution >= 4 is 33.4 Å². The summed E-state index contributed by atoms with van der Waals surface area (Å²) in [4.78, 5) is 21.7. The average Bonchev–Trinajstić information content (AvgIpc) is 3.53. The molecule has 38 heavy (non-hydrogen) atoms. The van der Waals surface area contributed by atoms with Crippen LogP contribution in [0.25, 0.3) is 5.69 Å². The predicted molar refractivity (Wildman–Crippen MR) is 145 cm³/mol. The molecule has 4 heterocycles. The maximum atomic E-state index is 14.2. The monoisotopic (exact) mass is 600 g/mol. The van der Waals surface area contributed by atoms with E-state index in [9.17, 15) is 9.18 Å². The van der Waals surface area contributed by atoms with Crippen molar-refractivity contribution in [3.8, 4) is 5.69 Å². The van der Waals surface area contributed by atoms with Crippen molar-refractivity contribution in [2.24, 2.45) is 0 Å². The normalized spacial score (nSPS) is 14.7. The van der Waals surface area contributed by atoms with Gasteiger partial charge < -0.3 is 4.90 Å². The summed E-state index contributed by atoms with van der Waals surface area (Å²) in [5.41, 5.74) is 2.90. The van der Waals surface area contributed by atoms with E-state index in [2.05, 4.69) is 55.1 Å². The first-order valence-corrected chi connectivity index (χ1v) is 13.4. The number of halogens is 3. The van der Waals surface area contributed by atoms with Crippen LogP contribution in [0.15, 0.2) is 53.3 Å². The summed E-state index contributed by atoms with van der Waals surface area (Å²) in [6, 6.07) is 10.0. The molecule has 1 fully saturated rings. The molecule has 1 aromatic carbocycles. The molecule has 1 amide bonds. The van der Waals surface area contributed by atoms with E-state index in [-0.39, 0.29) is 22.8 Å². The van der Waals surface area contributed by atoms with E-state index in [4.69, 9.17) is 11.6 Å². The van der Waals surface area contributed by atoms with Crippen molar-refractivity contribution in [3.05, 3.63) is 86.9 Å². The molecule has 0 aliphatic carbocycles. The zero-order valence-electron chi connectivity index (χ0n) is 21.3. The smallest absolute Gasteiger partial charge is 0.275 e. The number of piperazine rings is 1. The van der Waals surface area contributed by atoms with Gasteiger partial charge >= 0.3 is 0 Å². The highest BCUT2D eigenvalue weighted by Crippen LogP contribution is 2.28. The molecule has 0 N–H and O–H groups in total. The molecule has 4 aromatic rings. The number of aryl methyl sites for hydroxylation is 1. The van der Waals surface area contributed by atoms with E-state index in [0.29, 0.717) is 42.3 Å². The van der Waals surface area contributed by atoms with E-state index < -0.39 is 5.82 Å². The Morgan fingerprint density at radius 2 is 1.84 bits per heavy atom. The second-order valence-corrected chi connectivity index (χ2v) is 11.0. The Labute approximate surface area is 233 Å². The highest BCUT2D eigenvalue weighted by atomic mass is 79.9. The van der Waals surface area contributed by atoms with Gasteiger partial charge in [-0.15, -0.1) is 5.10 Å². The lowest BCUT2D eigenvalue weighted by Gasteiger charge is -2.42. The molecule has 3 aromatic heterocycles. The molecule has 5 rings (SSSR count). The molecule has 0 saturated carbocycles. The molecule has 1 aliphatic heterocycles. The molecule has 0 radical (unpaired) electrons. The van der Waals surface area contributed by atoms with Gasteiger partial charge in [-0.2, -0.15) is 5.10 Å². The first kappa shape index (κ1) is 26.5. The van der Waals surface area contributed by atoms with Crippen molar-refractivity contribution in [1.82, 2.24) is 39.6 Å². The SMILES string of the molecule is Cc1nc(Cl)ccc1Cn1cc(C(C)(C)N2CCN(C(=O)c3nn(-c4ccccc4F)cc3Br)CC2)nn1. The van der Waals surface area contributed by atoms with Crippen LogP contribution < -0.4 is 0 Å². The Balaban J connectivity index is 1.24. The fraction of sp³-hybridized carbons (Fsp3) is 0.346. The van der Waals surface area contributed by atoms with Gasteiger partial charge in [0.05, 0.1) is 22.8 Å². The fourth-order valence-electron chi connectivity index (χ4n) is 4.60. The summed E-state index contributed by atoms with van der Waals surface area (Å²) in [5, 5.41) is 13.6. The summed E-state index contributed by atoms with van der Waals surface area (Å²) in [6.07, 6.45) is 3.56. The molecule has 1 aliphatic rings. The van der Waals surface area contributed by atoms with Crippen LogP contribution in [0.4, 0.5) is 4.39 Å². The number of nitrogens with zero attached hydrogens (tertiary/aromatic N) is 8. The molecule has 0 atom stereocenters. The molecular weight excluding hydrogens is 575 g/mol. The second kappa shape index (κ2) is 10.5. The standard InChI is InChI=1S/C26H27BrClFN8O/c1-17-18(8-9-23(28)30-17)14-36-16-22(31-33-36)26(2,3)35-12-10-34(11-13-35)25(38)24-19(27)15-37(32-24)21-7-5-4-6-20(21)29/h4-9,15-16H,10-14H2,1-3H3. The average molecular weight is 602 g/mol. The minimum atomic E-state index is -0.408. The maximum absolute atomic E-state index is 14.2. The largest absolute Gasteiger partial charge is 0.335 e. The van der Waals surface area contributed by atoms with Gasteiger partial charge in [0.15, 0.2) is 5.69 Å². The number of hydrogen-bond donors (Lipinski definition) is 0. The Morgan fingerprint density at radius 1 is 1.11 bits per heavy atom. The van der Waals surface area contributed by atoms with Crippen LogP contribution in [0.2, 0.25) is 5.15 Å². The number of amides is 1. The van der Waals surface area contributed by atoms with Gasteiger partial charge in [0.25, 0.3) is 5.91 Å². The van der Waals surface area contributed by atoms with Gasteiger partial charge in [0.2, 0.25) is 0 Å². The topological polar surface area (TPSA) is 85.0 Å². The van der Waals surface area contributed by atoms with Gasteiger partial charge in [-0.05, 0) is 60.5 Å². The first-order chi connectivity index (χ1) is 18.1. The van der Waals surface area contributed by atoms with Crippen molar-refractivity contribution in [2.75, 3.05) is 26.2 Å². The number of pyridine rings is 1. The quantitative estimate of drug-likeness (QED) is 0.304. The number of benzene rings is 1. The van der Waals surface area contributed by atoms with Crippen molar-refractivity contribution in [3.63, 3.8) is 0 Å². The number of aromatic nitrogens is 6. The molecule has 198 valence electrons. The van der Waals surface area contributed by atoms with E-state index in [1.165, 1.54) is 10.7 Å². The van der Waals surface area contributed by atoms with Gasteiger partial charge in [-0.25, -0.2) is 18.7 Å². The molecule has 0 spiro atoms. The number of hydrogen-bond acceptors (Lipinski definition) is 6. The fourth-order valence-corrected chi connectivity index (χ4v) is 5.23. The first-order valence-electron chi connectivity index (χ1n) is 12.2. The van der Waals surface area contributed by atoms with Crippen molar-refractivity contribution in [1.29, 1.82) is 0 Å². The molecule has 1 saturated heterocycles. The van der Waals surface area contributed by atoms with Gasteiger partial charge in [-0.3, -0.25) is 9.69 Å². The second-order valence-electron chi connectivity index (χ2n) is 9.74. The molecule has 12 heteroatoms. The number of rotatable bonds is 6. The van der Waals surface area contributed by atoms with E-state index in [0.717, 1.165) is 17.0 Å². The Morgan fingerprint density at radius 3 is 2.55 bits per heavy atom.